The van der Waals surface area contributed by atoms with E-state index in [4.69, 9.17) is 5.26 Å². The molecule has 0 fully saturated rings. The van der Waals surface area contributed by atoms with Gasteiger partial charge >= 0.3 is 6.09 Å². The number of nitrogens with one attached hydrogen (secondary N) is 1. The Kier molecular flexibility index (Phi) is 3.63. The number of hydrogen-bond acceptors (Lipinski definition) is 3. The summed E-state index contributed by atoms with van der Waals surface area (Å²) in [6.07, 6.45) is -0.651. The third kappa shape index (κ3) is 2.95. The monoisotopic (exact) mass is 208 g/mol. The quantitative estimate of drug-likeness (QED) is 0.810. The minimum absolute atomic E-state index is 0.0654. The van der Waals surface area contributed by atoms with E-state index in [2.05, 4.69) is 10.1 Å². The van der Waals surface area contributed by atoms with Crippen molar-refractivity contribution >= 4 is 11.8 Å². The maximum Gasteiger partial charge on any atom is 0.411 e. The van der Waals surface area contributed by atoms with Crippen LogP contribution in [-0.4, -0.2) is 12.7 Å². The van der Waals surface area contributed by atoms with E-state index in [-0.39, 0.29) is 17.9 Å². The minimum Gasteiger partial charge on any atom is -0.450 e. The maximum atomic E-state index is 13.1. The van der Waals surface area contributed by atoms with Crippen LogP contribution >= 0.6 is 0 Å². The highest BCUT2D eigenvalue weighted by Crippen LogP contribution is 2.13. The molecule has 0 unspecified atom stereocenters. The minimum atomic E-state index is -0.674. The average Bonchev–Trinajstić information content (AvgIpc) is 2.18. The lowest BCUT2D eigenvalue weighted by molar-refractivity contribution is 0.168. The smallest absolute Gasteiger partial charge is 0.411 e. The van der Waals surface area contributed by atoms with Crippen LogP contribution in [0.4, 0.5) is 14.9 Å². The van der Waals surface area contributed by atoms with Gasteiger partial charge in [-0.1, -0.05) is 0 Å². The Balaban J connectivity index is 2.76. The number of rotatable bonds is 2. The number of anilines is 1. The summed E-state index contributed by atoms with van der Waals surface area (Å²) in [6.45, 7) is 1.91. The lowest BCUT2D eigenvalue weighted by Crippen LogP contribution is -2.13. The Morgan fingerprint density at radius 3 is 2.93 bits per heavy atom. The lowest BCUT2D eigenvalue weighted by Gasteiger charge is -2.05. The summed E-state index contributed by atoms with van der Waals surface area (Å²) >= 11 is 0. The number of benzene rings is 1. The first-order chi connectivity index (χ1) is 7.17. The summed E-state index contributed by atoms with van der Waals surface area (Å²) in [5, 5.41) is 10.8. The van der Waals surface area contributed by atoms with E-state index in [1.165, 1.54) is 12.1 Å². The number of nitrogens with zero attached hydrogens (tertiary/aromatic N) is 1. The van der Waals surface area contributed by atoms with Crippen LogP contribution in [0.5, 0.6) is 0 Å². The van der Waals surface area contributed by atoms with Crippen molar-refractivity contribution in [3.8, 4) is 6.07 Å². The van der Waals surface area contributed by atoms with Crippen molar-refractivity contribution in [2.45, 2.75) is 6.92 Å². The SMILES string of the molecule is CCOC(=O)Nc1ccc(C#N)c(F)c1. The van der Waals surface area contributed by atoms with E-state index in [9.17, 15) is 9.18 Å². The molecule has 0 saturated heterocycles. The topological polar surface area (TPSA) is 62.1 Å². The molecule has 0 aromatic heterocycles. The molecule has 0 bridgehead atoms. The van der Waals surface area contributed by atoms with Crippen LogP contribution in [0, 0.1) is 17.1 Å². The standard InChI is InChI=1S/C10H9FN2O2/c1-2-15-10(14)13-8-4-3-7(6-12)9(11)5-8/h3-5H,2H2,1H3,(H,13,14). The zero-order valence-electron chi connectivity index (χ0n) is 8.08. The van der Waals surface area contributed by atoms with Crippen molar-refractivity contribution < 1.29 is 13.9 Å². The summed E-state index contributed by atoms with van der Waals surface area (Å²) < 4.78 is 17.7. The molecule has 0 atom stereocenters. The number of hydrogen-bond donors (Lipinski definition) is 1. The highest BCUT2D eigenvalue weighted by Gasteiger charge is 2.05. The second-order valence-electron chi connectivity index (χ2n) is 2.65. The van der Waals surface area contributed by atoms with Crippen molar-refractivity contribution in [3.63, 3.8) is 0 Å². The molecule has 78 valence electrons. The van der Waals surface area contributed by atoms with Gasteiger partial charge in [0, 0.05) is 5.69 Å². The molecule has 1 aromatic rings. The Bertz CT molecular complexity index is 412. The van der Waals surface area contributed by atoms with E-state index in [1.807, 2.05) is 0 Å². The molecular weight excluding hydrogens is 199 g/mol. The van der Waals surface area contributed by atoms with Crippen LogP contribution in [0.1, 0.15) is 12.5 Å². The van der Waals surface area contributed by atoms with Gasteiger partial charge in [0.05, 0.1) is 12.2 Å². The zero-order chi connectivity index (χ0) is 11.3. The first-order valence-corrected chi connectivity index (χ1v) is 4.30. The van der Waals surface area contributed by atoms with E-state index in [0.717, 1.165) is 6.07 Å². The van der Waals surface area contributed by atoms with Crippen molar-refractivity contribution in [1.29, 1.82) is 5.26 Å². The van der Waals surface area contributed by atoms with Crippen LogP contribution in [-0.2, 0) is 4.74 Å². The van der Waals surface area contributed by atoms with E-state index < -0.39 is 11.9 Å². The third-order valence-electron chi connectivity index (χ3n) is 1.61. The van der Waals surface area contributed by atoms with Crippen LogP contribution in [0.25, 0.3) is 0 Å². The number of ether oxygens (including phenoxy) is 1. The molecule has 0 spiro atoms. The molecule has 0 heterocycles. The van der Waals surface area contributed by atoms with Gasteiger partial charge in [-0.05, 0) is 25.1 Å². The van der Waals surface area contributed by atoms with Gasteiger partial charge in [-0.3, -0.25) is 5.32 Å². The number of amides is 1. The van der Waals surface area contributed by atoms with Crippen LogP contribution in [0.2, 0.25) is 0 Å². The number of nitriles is 1. The first kappa shape index (κ1) is 11.0. The van der Waals surface area contributed by atoms with Crippen molar-refractivity contribution in [3.05, 3.63) is 29.6 Å². The Morgan fingerprint density at radius 1 is 1.67 bits per heavy atom. The third-order valence-corrected chi connectivity index (χ3v) is 1.61. The molecule has 0 radical (unpaired) electrons. The fourth-order valence-corrected chi connectivity index (χ4v) is 0.969. The van der Waals surface area contributed by atoms with Gasteiger partial charge in [0.2, 0.25) is 0 Å². The van der Waals surface area contributed by atoms with Gasteiger partial charge in [0.15, 0.2) is 0 Å². The molecule has 1 rings (SSSR count). The summed E-state index contributed by atoms with van der Waals surface area (Å²) in [7, 11) is 0. The molecule has 1 aromatic carbocycles. The summed E-state index contributed by atoms with van der Waals surface area (Å²) in [5.74, 6) is -0.674. The molecule has 0 aliphatic rings. The predicted molar refractivity (Wildman–Crippen MR) is 51.8 cm³/mol. The predicted octanol–water partition coefficient (Wildman–Crippen LogP) is 2.27. The fourth-order valence-electron chi connectivity index (χ4n) is 0.969. The molecule has 1 N–H and O–H groups in total. The highest BCUT2D eigenvalue weighted by molar-refractivity contribution is 5.84. The Morgan fingerprint density at radius 2 is 2.40 bits per heavy atom. The Labute approximate surface area is 86.3 Å². The van der Waals surface area contributed by atoms with E-state index in [1.54, 1.807) is 13.0 Å². The van der Waals surface area contributed by atoms with Gasteiger partial charge in [-0.25, -0.2) is 9.18 Å². The van der Waals surface area contributed by atoms with Crippen LogP contribution in [0.3, 0.4) is 0 Å². The van der Waals surface area contributed by atoms with E-state index >= 15 is 0 Å². The maximum absolute atomic E-state index is 13.1. The van der Waals surface area contributed by atoms with E-state index in [0.29, 0.717) is 0 Å². The highest BCUT2D eigenvalue weighted by atomic mass is 19.1. The number of halogens is 1. The summed E-state index contributed by atoms with van der Waals surface area (Å²) in [5.41, 5.74) is 0.189. The molecule has 15 heavy (non-hydrogen) atoms. The van der Waals surface area contributed by atoms with Crippen molar-refractivity contribution in [1.82, 2.24) is 0 Å². The molecule has 0 aliphatic heterocycles. The van der Waals surface area contributed by atoms with Gasteiger partial charge < -0.3 is 4.74 Å². The molecule has 0 saturated carbocycles. The lowest BCUT2D eigenvalue weighted by atomic mass is 10.2. The molecule has 0 aliphatic carbocycles. The average molecular weight is 208 g/mol. The molecular formula is C10H9FN2O2. The zero-order valence-corrected chi connectivity index (χ0v) is 8.08. The van der Waals surface area contributed by atoms with Crippen molar-refractivity contribution in [2.24, 2.45) is 0 Å². The fraction of sp³-hybridized carbons (Fsp3) is 0.200. The molecule has 5 heteroatoms. The first-order valence-electron chi connectivity index (χ1n) is 4.30. The van der Waals surface area contributed by atoms with Gasteiger partial charge in [0.1, 0.15) is 11.9 Å². The Hall–Kier alpha value is -2.09. The number of carbonyl (C=O) groups excluding carboxylic acids is 1. The summed E-state index contributed by atoms with van der Waals surface area (Å²) in [4.78, 5) is 11.0. The summed E-state index contributed by atoms with van der Waals surface area (Å²) in [6, 6.07) is 5.46. The van der Waals surface area contributed by atoms with Crippen LogP contribution in [0.15, 0.2) is 18.2 Å². The van der Waals surface area contributed by atoms with Crippen molar-refractivity contribution in [2.75, 3.05) is 11.9 Å². The van der Waals surface area contributed by atoms with Gasteiger partial charge in [-0.15, -0.1) is 0 Å². The second-order valence-corrected chi connectivity index (χ2v) is 2.65. The molecule has 1 amide bonds. The normalized spacial score (nSPS) is 9.13. The van der Waals surface area contributed by atoms with Gasteiger partial charge in [0.25, 0.3) is 0 Å². The number of carbonyl (C=O) groups is 1. The van der Waals surface area contributed by atoms with Gasteiger partial charge in [-0.2, -0.15) is 5.26 Å². The molecule has 4 nitrogen and oxygen atoms in total. The van der Waals surface area contributed by atoms with Crippen LogP contribution < -0.4 is 5.32 Å². The largest absolute Gasteiger partial charge is 0.450 e. The second kappa shape index (κ2) is 4.96.